The van der Waals surface area contributed by atoms with Crippen molar-refractivity contribution in [2.45, 2.75) is 19.4 Å². The maximum atomic E-state index is 13.1. The Hall–Kier alpha value is -3.55. The molecule has 1 aliphatic heterocycles. The number of aryl methyl sites for hydroxylation is 1. The normalized spacial score (nSPS) is 18.2. The molecule has 30 heavy (non-hydrogen) atoms. The van der Waals surface area contributed by atoms with Crippen molar-refractivity contribution >= 4 is 17.7 Å². The van der Waals surface area contributed by atoms with Crippen molar-refractivity contribution in [3.05, 3.63) is 53.1 Å². The third-order valence-corrected chi connectivity index (χ3v) is 5.26. The van der Waals surface area contributed by atoms with Crippen LogP contribution < -0.4 is 19.5 Å². The molecule has 1 heterocycles. The molecule has 3 rings (SSSR count). The topological polar surface area (TPSA) is 94.2 Å². The van der Waals surface area contributed by atoms with Crippen LogP contribution in [0, 0.1) is 6.92 Å². The molecular formula is C22H24N2O6. The third-order valence-electron chi connectivity index (χ3n) is 5.26. The number of hydrogen-bond donors (Lipinski definition) is 1. The van der Waals surface area contributed by atoms with E-state index in [1.807, 2.05) is 6.92 Å². The first-order chi connectivity index (χ1) is 14.2. The number of carbonyl (C=O) groups is 3. The number of ketones is 1. The van der Waals surface area contributed by atoms with E-state index in [2.05, 4.69) is 5.32 Å². The van der Waals surface area contributed by atoms with Crippen LogP contribution in [0.5, 0.6) is 17.2 Å². The fourth-order valence-corrected chi connectivity index (χ4v) is 3.48. The summed E-state index contributed by atoms with van der Waals surface area (Å²) >= 11 is 0. The largest absolute Gasteiger partial charge is 0.497 e. The van der Waals surface area contributed by atoms with Gasteiger partial charge >= 0.3 is 6.03 Å². The van der Waals surface area contributed by atoms with Crippen molar-refractivity contribution in [3.63, 3.8) is 0 Å². The molecule has 0 radical (unpaired) electrons. The van der Waals surface area contributed by atoms with Crippen LogP contribution in [0.2, 0.25) is 0 Å². The van der Waals surface area contributed by atoms with Gasteiger partial charge in [0.1, 0.15) is 22.8 Å². The smallest absolute Gasteiger partial charge is 0.325 e. The second kappa shape index (κ2) is 8.06. The van der Waals surface area contributed by atoms with Gasteiger partial charge in [-0.05, 0) is 49.2 Å². The molecule has 1 atom stereocenters. The standard InChI is InChI=1S/C22H24N2O6/c1-13-10-14(6-9-18(13)29-4)22(2)20(26)24(21(27)23-22)12-17(25)16-8-7-15(28-3)11-19(16)30-5/h6-11H,12H2,1-5H3,(H,23,27). The number of nitrogens with zero attached hydrogens (tertiary/aromatic N) is 1. The molecule has 1 aliphatic rings. The lowest BCUT2D eigenvalue weighted by molar-refractivity contribution is -0.130. The molecule has 3 amide bonds. The summed E-state index contributed by atoms with van der Waals surface area (Å²) in [5.41, 5.74) is 0.415. The van der Waals surface area contributed by atoms with Crippen LogP contribution >= 0.6 is 0 Å². The van der Waals surface area contributed by atoms with Gasteiger partial charge in [0.15, 0.2) is 5.78 Å². The Morgan fingerprint density at radius 2 is 1.70 bits per heavy atom. The van der Waals surface area contributed by atoms with Crippen LogP contribution in [0.25, 0.3) is 0 Å². The maximum absolute atomic E-state index is 13.1. The molecule has 1 saturated heterocycles. The Morgan fingerprint density at radius 3 is 2.30 bits per heavy atom. The average Bonchev–Trinajstić information content (AvgIpc) is 2.96. The summed E-state index contributed by atoms with van der Waals surface area (Å²) in [6.45, 7) is 3.06. The molecule has 2 aromatic rings. The predicted octanol–water partition coefficient (Wildman–Crippen LogP) is 2.67. The van der Waals surface area contributed by atoms with E-state index in [4.69, 9.17) is 14.2 Å². The Morgan fingerprint density at radius 1 is 1.00 bits per heavy atom. The molecule has 1 fully saturated rings. The fourth-order valence-electron chi connectivity index (χ4n) is 3.48. The van der Waals surface area contributed by atoms with Crippen molar-refractivity contribution in [2.24, 2.45) is 0 Å². The number of imide groups is 1. The molecule has 1 unspecified atom stereocenters. The van der Waals surface area contributed by atoms with Gasteiger partial charge in [-0.3, -0.25) is 14.5 Å². The van der Waals surface area contributed by atoms with Crippen LogP contribution in [0.1, 0.15) is 28.4 Å². The van der Waals surface area contributed by atoms with E-state index in [0.717, 1.165) is 10.5 Å². The lowest BCUT2D eigenvalue weighted by Gasteiger charge is -2.23. The lowest BCUT2D eigenvalue weighted by atomic mass is 9.90. The number of methoxy groups -OCH3 is 3. The summed E-state index contributed by atoms with van der Waals surface area (Å²) in [5.74, 6) is 0.588. The van der Waals surface area contributed by atoms with E-state index in [1.54, 1.807) is 50.4 Å². The van der Waals surface area contributed by atoms with Crippen molar-refractivity contribution in [1.82, 2.24) is 10.2 Å². The molecule has 0 saturated carbocycles. The zero-order chi connectivity index (χ0) is 22.1. The van der Waals surface area contributed by atoms with Gasteiger partial charge in [0.2, 0.25) is 0 Å². The fraction of sp³-hybridized carbons (Fsp3) is 0.318. The molecule has 0 aliphatic carbocycles. The highest BCUT2D eigenvalue weighted by atomic mass is 16.5. The number of ether oxygens (including phenoxy) is 3. The second-order valence-corrected chi connectivity index (χ2v) is 7.12. The first kappa shape index (κ1) is 21.2. The van der Waals surface area contributed by atoms with Gasteiger partial charge in [0, 0.05) is 6.07 Å². The van der Waals surface area contributed by atoms with Crippen molar-refractivity contribution < 1.29 is 28.6 Å². The van der Waals surface area contributed by atoms with E-state index < -0.39 is 29.8 Å². The van der Waals surface area contributed by atoms with E-state index in [-0.39, 0.29) is 5.56 Å². The van der Waals surface area contributed by atoms with Gasteiger partial charge in [-0.2, -0.15) is 0 Å². The van der Waals surface area contributed by atoms with Crippen LogP contribution in [-0.2, 0) is 10.3 Å². The third kappa shape index (κ3) is 3.56. The number of benzene rings is 2. The quantitative estimate of drug-likeness (QED) is 0.555. The van der Waals surface area contributed by atoms with Gasteiger partial charge in [0.25, 0.3) is 5.91 Å². The number of rotatable bonds is 7. The average molecular weight is 412 g/mol. The minimum Gasteiger partial charge on any atom is -0.497 e. The molecular weight excluding hydrogens is 388 g/mol. The van der Waals surface area contributed by atoms with Gasteiger partial charge in [-0.1, -0.05) is 6.07 Å². The number of nitrogens with one attached hydrogen (secondary N) is 1. The zero-order valence-corrected chi connectivity index (χ0v) is 17.6. The van der Waals surface area contributed by atoms with Gasteiger partial charge in [-0.15, -0.1) is 0 Å². The monoisotopic (exact) mass is 412 g/mol. The predicted molar refractivity (Wildman–Crippen MR) is 109 cm³/mol. The number of amides is 3. The Labute approximate surface area is 174 Å². The molecule has 8 heteroatoms. The van der Waals surface area contributed by atoms with Crippen molar-refractivity contribution in [1.29, 1.82) is 0 Å². The first-order valence-corrected chi connectivity index (χ1v) is 9.29. The van der Waals surface area contributed by atoms with Gasteiger partial charge in [0.05, 0.1) is 33.4 Å². The van der Waals surface area contributed by atoms with Crippen LogP contribution in [-0.4, -0.2) is 50.5 Å². The molecule has 158 valence electrons. The molecule has 8 nitrogen and oxygen atoms in total. The Kier molecular flexibility index (Phi) is 5.69. The zero-order valence-electron chi connectivity index (χ0n) is 17.6. The molecule has 0 spiro atoms. The highest BCUT2D eigenvalue weighted by Gasteiger charge is 2.49. The maximum Gasteiger partial charge on any atom is 0.325 e. The summed E-state index contributed by atoms with van der Waals surface area (Å²) < 4.78 is 15.6. The SMILES string of the molecule is COc1ccc(C(=O)CN2C(=O)NC(C)(c3ccc(OC)c(C)c3)C2=O)c(OC)c1. The number of urea groups is 1. The van der Waals surface area contributed by atoms with Crippen molar-refractivity contribution in [2.75, 3.05) is 27.9 Å². The van der Waals surface area contributed by atoms with Gasteiger partial charge < -0.3 is 19.5 Å². The number of hydrogen-bond acceptors (Lipinski definition) is 6. The lowest BCUT2D eigenvalue weighted by Crippen LogP contribution is -2.41. The Bertz CT molecular complexity index is 1020. The van der Waals surface area contributed by atoms with E-state index in [9.17, 15) is 14.4 Å². The van der Waals surface area contributed by atoms with Crippen LogP contribution in [0.3, 0.4) is 0 Å². The van der Waals surface area contributed by atoms with E-state index in [1.165, 1.54) is 14.2 Å². The van der Waals surface area contributed by atoms with Gasteiger partial charge in [-0.25, -0.2) is 4.79 Å². The van der Waals surface area contributed by atoms with E-state index in [0.29, 0.717) is 22.8 Å². The van der Waals surface area contributed by atoms with Crippen molar-refractivity contribution in [3.8, 4) is 17.2 Å². The highest BCUT2D eigenvalue weighted by Crippen LogP contribution is 2.32. The number of Topliss-reactive ketones (excluding diaryl/α,β-unsaturated/α-hetero) is 1. The minimum absolute atomic E-state index is 0.257. The summed E-state index contributed by atoms with van der Waals surface area (Å²) in [7, 11) is 4.50. The van der Waals surface area contributed by atoms with Crippen LogP contribution in [0.15, 0.2) is 36.4 Å². The Balaban J connectivity index is 1.86. The summed E-state index contributed by atoms with van der Waals surface area (Å²) in [6.07, 6.45) is 0. The molecule has 1 N–H and O–H groups in total. The minimum atomic E-state index is -1.28. The number of carbonyl (C=O) groups excluding carboxylic acids is 3. The first-order valence-electron chi connectivity index (χ1n) is 9.29. The highest BCUT2D eigenvalue weighted by molar-refractivity contribution is 6.11. The van der Waals surface area contributed by atoms with E-state index >= 15 is 0 Å². The van der Waals surface area contributed by atoms with Crippen LogP contribution in [0.4, 0.5) is 4.79 Å². The molecule has 0 aromatic heterocycles. The second-order valence-electron chi connectivity index (χ2n) is 7.12. The summed E-state index contributed by atoms with van der Waals surface area (Å²) in [4.78, 5) is 39.5. The molecule has 2 aromatic carbocycles. The summed E-state index contributed by atoms with van der Waals surface area (Å²) in [5, 5.41) is 2.71. The molecule has 0 bridgehead atoms. The summed E-state index contributed by atoms with van der Waals surface area (Å²) in [6, 6.07) is 9.36.